The molecule has 0 bridgehead atoms. The molecule has 0 saturated carbocycles. The van der Waals surface area contributed by atoms with Crippen molar-refractivity contribution in [1.29, 1.82) is 0 Å². The monoisotopic (exact) mass is 402 g/mol. The number of fused-ring (bicyclic) bond motifs is 1. The minimum atomic E-state index is -2.82. The van der Waals surface area contributed by atoms with Crippen LogP contribution in [0.1, 0.15) is 21.2 Å². The first-order valence-corrected chi connectivity index (χ1v) is 20.2. The van der Waals surface area contributed by atoms with Gasteiger partial charge in [-0.3, -0.25) is 0 Å². The van der Waals surface area contributed by atoms with Crippen molar-refractivity contribution < 1.29 is 17.4 Å². The standard InChI is InChI=1S/C9H7.C5H5.2CH3.2ClH.H2Si.Zr/c1-2-5-9-7-3-6-8(9)4-1;1-2-4-5-3-1;;;;;;/h1-7H;1-3H,4H2;2*1H3;2*1H;1H2;. The third-order valence-corrected chi connectivity index (χ3v) is 22.1. The van der Waals surface area contributed by atoms with Gasteiger partial charge in [0.15, 0.2) is 0 Å². The first kappa shape index (κ1) is 18.2. The van der Waals surface area contributed by atoms with E-state index in [-0.39, 0.29) is 24.8 Å². The quantitative estimate of drug-likeness (QED) is 0.623. The molecule has 0 nitrogen and oxygen atoms in total. The number of halogens is 2. The van der Waals surface area contributed by atoms with Crippen molar-refractivity contribution in [3.63, 3.8) is 0 Å². The van der Waals surface area contributed by atoms with Crippen molar-refractivity contribution in [3.05, 3.63) is 63.0 Å². The Kier molecular flexibility index (Phi) is 5.53. The predicted octanol–water partition coefficient (Wildman–Crippen LogP) is 4.78. The molecule has 1 aromatic carbocycles. The van der Waals surface area contributed by atoms with Gasteiger partial charge in [0.2, 0.25) is 0 Å². The van der Waals surface area contributed by atoms with Crippen LogP contribution < -0.4 is 0 Å². The summed E-state index contributed by atoms with van der Waals surface area (Å²) in [6, 6.07) is 8.92. The molecule has 108 valence electrons. The van der Waals surface area contributed by atoms with Crippen molar-refractivity contribution in [1.82, 2.24) is 0 Å². The van der Waals surface area contributed by atoms with Crippen molar-refractivity contribution in [2.45, 2.75) is 19.3 Å². The first-order valence-electron chi connectivity index (χ1n) is 6.68. The van der Waals surface area contributed by atoms with E-state index in [1.807, 2.05) is 0 Å². The number of rotatable bonds is 2. The van der Waals surface area contributed by atoms with Crippen LogP contribution in [0.5, 0.6) is 0 Å². The number of hydrogen-bond acceptors (Lipinski definition) is 0. The van der Waals surface area contributed by atoms with Crippen LogP contribution >= 0.6 is 24.8 Å². The molecule has 4 heteroatoms. The van der Waals surface area contributed by atoms with Gasteiger partial charge in [0, 0.05) is 0 Å². The van der Waals surface area contributed by atoms with Gasteiger partial charge in [-0.2, -0.15) is 0 Å². The molecule has 0 aliphatic heterocycles. The van der Waals surface area contributed by atoms with Crippen LogP contribution in [-0.2, 0) is 17.4 Å². The molecule has 3 rings (SSSR count). The van der Waals surface area contributed by atoms with Crippen molar-refractivity contribution in [2.75, 3.05) is 0 Å². The van der Waals surface area contributed by atoms with Gasteiger partial charge in [-0.05, 0) is 0 Å². The fourth-order valence-electron chi connectivity index (χ4n) is 3.31. The second-order valence-electron chi connectivity index (χ2n) is 6.60. The van der Waals surface area contributed by atoms with Gasteiger partial charge < -0.3 is 0 Å². The molecule has 1 atom stereocenters. The van der Waals surface area contributed by atoms with Crippen LogP contribution in [0, 0.1) is 0 Å². The van der Waals surface area contributed by atoms with Crippen LogP contribution in [-0.4, -0.2) is 6.88 Å². The summed E-state index contributed by atoms with van der Waals surface area (Å²) in [6.07, 6.45) is 12.9. The van der Waals surface area contributed by atoms with E-state index >= 15 is 0 Å². The van der Waals surface area contributed by atoms with Gasteiger partial charge in [-0.25, -0.2) is 0 Å². The van der Waals surface area contributed by atoms with E-state index in [0.29, 0.717) is 3.63 Å². The third-order valence-electron chi connectivity index (χ3n) is 4.62. The molecule has 1 unspecified atom stereocenters. The summed E-state index contributed by atoms with van der Waals surface area (Å²) in [5.74, 6) is 0. The van der Waals surface area contributed by atoms with E-state index in [1.54, 1.807) is 8.84 Å². The fraction of sp³-hybridized carbons (Fsp3) is 0.250. The van der Waals surface area contributed by atoms with Crippen LogP contribution in [0.3, 0.4) is 0 Å². The summed E-state index contributed by atoms with van der Waals surface area (Å²) in [4.78, 5) is 0. The van der Waals surface area contributed by atoms with Gasteiger partial charge in [0.05, 0.1) is 0 Å². The van der Waals surface area contributed by atoms with Crippen molar-refractivity contribution >= 4 is 37.8 Å². The van der Waals surface area contributed by atoms with E-state index in [1.165, 1.54) is 12.0 Å². The van der Waals surface area contributed by atoms with Gasteiger partial charge >= 0.3 is 113 Å². The van der Waals surface area contributed by atoms with E-state index in [2.05, 4.69) is 70.8 Å². The Morgan fingerprint density at radius 2 is 1.85 bits per heavy atom. The van der Waals surface area contributed by atoms with Crippen LogP contribution in [0.15, 0.2) is 51.9 Å². The minimum absolute atomic E-state index is 0. The molecular formula is C16H22Cl2SiZr. The molecule has 0 saturated heterocycles. The summed E-state index contributed by atoms with van der Waals surface area (Å²) >= 11 is -2.82. The zero-order valence-electron chi connectivity index (χ0n) is 12.0. The van der Waals surface area contributed by atoms with E-state index in [9.17, 15) is 0 Å². The summed E-state index contributed by atoms with van der Waals surface area (Å²) in [6.45, 7) is 2.35. The van der Waals surface area contributed by atoms with E-state index in [0.717, 1.165) is 0 Å². The third kappa shape index (κ3) is 2.86. The molecule has 2 aliphatic rings. The van der Waals surface area contributed by atoms with Crippen LogP contribution in [0.25, 0.3) is 6.08 Å². The molecule has 0 N–H and O–H groups in total. The van der Waals surface area contributed by atoms with Gasteiger partial charge in [0.25, 0.3) is 0 Å². The molecule has 0 fully saturated rings. The fourth-order valence-corrected chi connectivity index (χ4v) is 16.3. The maximum atomic E-state index is 2.61. The van der Waals surface area contributed by atoms with Gasteiger partial charge in [-0.1, -0.05) is 0 Å². The SMILES string of the molecule is Cl.Cl.[CH3][Zr]([CH3])(=[SiH2])([C]1=CC=CC1)[CH]1C=Cc2ccccc21. The van der Waals surface area contributed by atoms with E-state index < -0.39 is 17.4 Å². The Hall–Kier alpha value is 0.120. The molecule has 0 heterocycles. The summed E-state index contributed by atoms with van der Waals surface area (Å²) < 4.78 is 7.65. The predicted molar refractivity (Wildman–Crippen MR) is 94.8 cm³/mol. The number of hydrogen-bond donors (Lipinski definition) is 0. The van der Waals surface area contributed by atoms with Gasteiger partial charge in [-0.15, -0.1) is 24.8 Å². The first-order chi connectivity index (χ1) is 8.47. The molecule has 0 amide bonds. The molecular weight excluding hydrogens is 382 g/mol. The van der Waals surface area contributed by atoms with Crippen molar-refractivity contribution in [2.24, 2.45) is 0 Å². The Labute approximate surface area is 136 Å². The second kappa shape index (κ2) is 6.08. The number of allylic oxidation sites excluding steroid dienone is 5. The average Bonchev–Trinajstić information content (AvgIpc) is 2.99. The molecule has 0 aromatic heterocycles. The van der Waals surface area contributed by atoms with E-state index in [4.69, 9.17) is 0 Å². The molecule has 2 aliphatic carbocycles. The molecule has 1 aromatic rings. The zero-order chi connectivity index (χ0) is 12.8. The van der Waals surface area contributed by atoms with Gasteiger partial charge in [0.1, 0.15) is 0 Å². The second-order valence-corrected chi connectivity index (χ2v) is 36.4. The van der Waals surface area contributed by atoms with Crippen molar-refractivity contribution in [3.8, 4) is 0 Å². The Morgan fingerprint density at radius 1 is 1.15 bits per heavy atom. The maximum absolute atomic E-state index is 2.82. The summed E-state index contributed by atoms with van der Waals surface area (Å²) in [5.41, 5.74) is 3.00. The normalized spacial score (nSPS) is 19.9. The summed E-state index contributed by atoms with van der Waals surface area (Å²) in [5, 5.41) is 0. The van der Waals surface area contributed by atoms with Crippen LogP contribution in [0.2, 0.25) is 9.26 Å². The Bertz CT molecular complexity index is 665. The topological polar surface area (TPSA) is 0 Å². The number of benzene rings is 1. The molecule has 20 heavy (non-hydrogen) atoms. The average molecular weight is 405 g/mol. The molecule has 0 radical (unpaired) electrons. The zero-order valence-corrected chi connectivity index (χ0v) is 17.5. The Balaban J connectivity index is 0.000001000. The van der Waals surface area contributed by atoms with Crippen LogP contribution in [0.4, 0.5) is 0 Å². The Morgan fingerprint density at radius 3 is 2.50 bits per heavy atom. The summed E-state index contributed by atoms with van der Waals surface area (Å²) in [7, 11) is 0. The molecule has 0 spiro atoms.